The van der Waals surface area contributed by atoms with Crippen molar-refractivity contribution >= 4 is 28.6 Å². The van der Waals surface area contributed by atoms with Crippen molar-refractivity contribution in [2.24, 2.45) is 0 Å². The van der Waals surface area contributed by atoms with Crippen molar-refractivity contribution < 1.29 is 19.1 Å². The molecule has 0 fully saturated rings. The molecule has 0 saturated heterocycles. The molecule has 1 aromatic heterocycles. The number of aryl methyl sites for hydroxylation is 2. The molecular formula is C20H21N3O5. The Morgan fingerprint density at radius 2 is 1.82 bits per heavy atom. The summed E-state index contributed by atoms with van der Waals surface area (Å²) < 4.78 is 10.6. The molecule has 146 valence electrons. The van der Waals surface area contributed by atoms with Gasteiger partial charge in [-0.3, -0.25) is 4.79 Å². The molecule has 28 heavy (non-hydrogen) atoms. The van der Waals surface area contributed by atoms with Crippen molar-refractivity contribution in [1.82, 2.24) is 9.97 Å². The summed E-state index contributed by atoms with van der Waals surface area (Å²) in [6.45, 7) is 5.04. The summed E-state index contributed by atoms with van der Waals surface area (Å²) in [5.74, 6) is -0.543. The lowest BCUT2D eigenvalue weighted by atomic mass is 10.1. The Kier molecular flexibility index (Phi) is 5.49. The number of carbonyl (C=O) groups is 2. The highest BCUT2D eigenvalue weighted by atomic mass is 16.6. The first-order chi connectivity index (χ1) is 13.3. The second-order valence-corrected chi connectivity index (χ2v) is 6.52. The SMILES string of the molecule is Cc1ccc(OCC(=O)O[C@H](C)C(=O)Nc2ccc3[nH]c(=O)[nH]c3c2)c(C)c1. The molecule has 1 heterocycles. The maximum absolute atomic E-state index is 12.2. The van der Waals surface area contributed by atoms with Gasteiger partial charge in [-0.1, -0.05) is 17.7 Å². The van der Waals surface area contributed by atoms with Crippen LogP contribution in [0.2, 0.25) is 0 Å². The average molecular weight is 383 g/mol. The first-order valence-electron chi connectivity index (χ1n) is 8.74. The summed E-state index contributed by atoms with van der Waals surface area (Å²) >= 11 is 0. The van der Waals surface area contributed by atoms with Crippen molar-refractivity contribution in [2.45, 2.75) is 26.9 Å². The number of ether oxygens (including phenoxy) is 2. The lowest BCUT2D eigenvalue weighted by Crippen LogP contribution is -2.31. The minimum atomic E-state index is -1.00. The minimum Gasteiger partial charge on any atom is -0.482 e. The van der Waals surface area contributed by atoms with Crippen molar-refractivity contribution in [1.29, 1.82) is 0 Å². The number of esters is 1. The van der Waals surface area contributed by atoms with Crippen LogP contribution in [0.15, 0.2) is 41.2 Å². The molecule has 8 nitrogen and oxygen atoms in total. The first-order valence-corrected chi connectivity index (χ1v) is 8.74. The Labute approximate surface area is 160 Å². The van der Waals surface area contributed by atoms with E-state index >= 15 is 0 Å². The third-order valence-electron chi connectivity index (χ3n) is 4.14. The number of rotatable bonds is 6. The van der Waals surface area contributed by atoms with E-state index in [1.807, 2.05) is 26.0 Å². The number of imidazole rings is 1. The fourth-order valence-corrected chi connectivity index (χ4v) is 2.74. The van der Waals surface area contributed by atoms with Crippen molar-refractivity contribution in [3.8, 4) is 5.75 Å². The number of benzene rings is 2. The molecule has 1 atom stereocenters. The summed E-state index contributed by atoms with van der Waals surface area (Å²) in [6.07, 6.45) is -1.00. The zero-order valence-electron chi connectivity index (χ0n) is 15.8. The number of anilines is 1. The molecule has 0 aliphatic carbocycles. The molecule has 0 radical (unpaired) electrons. The Bertz CT molecular complexity index is 1080. The quantitative estimate of drug-likeness (QED) is 0.566. The summed E-state index contributed by atoms with van der Waals surface area (Å²) in [5, 5.41) is 2.64. The van der Waals surface area contributed by atoms with Crippen LogP contribution in [0.25, 0.3) is 11.0 Å². The topological polar surface area (TPSA) is 113 Å². The van der Waals surface area contributed by atoms with E-state index in [4.69, 9.17) is 9.47 Å². The highest BCUT2D eigenvalue weighted by molar-refractivity contribution is 5.96. The van der Waals surface area contributed by atoms with Crippen molar-refractivity contribution in [2.75, 3.05) is 11.9 Å². The Hall–Kier alpha value is -3.55. The van der Waals surface area contributed by atoms with E-state index in [9.17, 15) is 14.4 Å². The molecular weight excluding hydrogens is 362 g/mol. The van der Waals surface area contributed by atoms with Crippen LogP contribution in [0.1, 0.15) is 18.1 Å². The molecule has 1 amide bonds. The lowest BCUT2D eigenvalue weighted by molar-refractivity contribution is -0.155. The summed E-state index contributed by atoms with van der Waals surface area (Å²) in [4.78, 5) is 40.7. The number of H-pyrrole nitrogens is 2. The molecule has 3 rings (SSSR count). The molecule has 3 aromatic rings. The van der Waals surface area contributed by atoms with E-state index in [1.165, 1.54) is 6.92 Å². The maximum atomic E-state index is 12.2. The predicted molar refractivity (Wildman–Crippen MR) is 105 cm³/mol. The maximum Gasteiger partial charge on any atom is 0.344 e. The van der Waals surface area contributed by atoms with E-state index in [2.05, 4.69) is 15.3 Å². The van der Waals surface area contributed by atoms with Gasteiger partial charge in [-0.05, 0) is 50.6 Å². The van der Waals surface area contributed by atoms with Crippen molar-refractivity contribution in [3.63, 3.8) is 0 Å². The van der Waals surface area contributed by atoms with Gasteiger partial charge in [0.15, 0.2) is 12.7 Å². The van der Waals surface area contributed by atoms with Gasteiger partial charge in [0.1, 0.15) is 5.75 Å². The van der Waals surface area contributed by atoms with Crippen LogP contribution in [0.4, 0.5) is 5.69 Å². The number of nitrogens with one attached hydrogen (secondary N) is 3. The second-order valence-electron chi connectivity index (χ2n) is 6.52. The number of amides is 1. The van der Waals surface area contributed by atoms with Gasteiger partial charge in [0.2, 0.25) is 0 Å². The standard InChI is InChI=1S/C20H21N3O5/c1-11-4-7-17(12(2)8-11)27-10-18(24)28-13(3)19(25)21-14-5-6-15-16(9-14)23-20(26)22-15/h4-9,13H,10H2,1-3H3,(H,21,25)(H2,22,23,26)/t13-/m1/s1. The van der Waals surface area contributed by atoms with Gasteiger partial charge in [-0.2, -0.15) is 0 Å². The Balaban J connectivity index is 1.53. The van der Waals surface area contributed by atoms with Gasteiger partial charge in [0.05, 0.1) is 11.0 Å². The highest BCUT2D eigenvalue weighted by Crippen LogP contribution is 2.19. The number of fused-ring (bicyclic) bond motifs is 1. The summed E-state index contributed by atoms with van der Waals surface area (Å²) in [5.41, 5.74) is 3.35. The zero-order chi connectivity index (χ0) is 20.3. The second kappa shape index (κ2) is 7.99. The molecule has 0 bridgehead atoms. The monoisotopic (exact) mass is 383 g/mol. The van der Waals surface area contributed by atoms with E-state index in [-0.39, 0.29) is 12.3 Å². The smallest absolute Gasteiger partial charge is 0.344 e. The van der Waals surface area contributed by atoms with Crippen LogP contribution < -0.4 is 15.7 Å². The first kappa shape index (κ1) is 19.2. The third-order valence-corrected chi connectivity index (χ3v) is 4.14. The molecule has 8 heteroatoms. The molecule has 3 N–H and O–H groups in total. The fraction of sp³-hybridized carbons (Fsp3) is 0.250. The predicted octanol–water partition coefficient (Wildman–Crippen LogP) is 2.42. The fourth-order valence-electron chi connectivity index (χ4n) is 2.74. The van der Waals surface area contributed by atoms with Crippen LogP contribution in [-0.2, 0) is 14.3 Å². The molecule has 0 aliphatic heterocycles. The summed E-state index contributed by atoms with van der Waals surface area (Å²) in [7, 11) is 0. The van der Waals surface area contributed by atoms with Crippen LogP contribution in [0, 0.1) is 13.8 Å². The third kappa shape index (κ3) is 4.59. The van der Waals surface area contributed by atoms with E-state index in [1.54, 1.807) is 24.3 Å². The highest BCUT2D eigenvalue weighted by Gasteiger charge is 2.19. The van der Waals surface area contributed by atoms with Gasteiger partial charge in [-0.15, -0.1) is 0 Å². The van der Waals surface area contributed by atoms with Gasteiger partial charge in [0, 0.05) is 5.69 Å². The Morgan fingerprint density at radius 1 is 1.07 bits per heavy atom. The number of aromatic nitrogens is 2. The molecule has 0 spiro atoms. The summed E-state index contributed by atoms with van der Waals surface area (Å²) in [6, 6.07) is 10.5. The molecule has 0 unspecified atom stereocenters. The van der Waals surface area contributed by atoms with Crippen molar-refractivity contribution in [3.05, 3.63) is 58.0 Å². The number of carbonyl (C=O) groups excluding carboxylic acids is 2. The van der Waals surface area contributed by atoms with Crippen LogP contribution in [0.3, 0.4) is 0 Å². The Morgan fingerprint density at radius 3 is 2.57 bits per heavy atom. The molecule has 2 aromatic carbocycles. The molecule has 0 aliphatic rings. The van der Waals surface area contributed by atoms with Crippen LogP contribution >= 0.6 is 0 Å². The lowest BCUT2D eigenvalue weighted by Gasteiger charge is -2.14. The zero-order valence-corrected chi connectivity index (χ0v) is 15.8. The number of aromatic amines is 2. The van der Waals surface area contributed by atoms with Gasteiger partial charge >= 0.3 is 11.7 Å². The van der Waals surface area contributed by atoms with E-state index < -0.39 is 18.0 Å². The van der Waals surface area contributed by atoms with Gasteiger partial charge in [0.25, 0.3) is 5.91 Å². The normalized spacial score (nSPS) is 11.8. The van der Waals surface area contributed by atoms with Crippen LogP contribution in [-0.4, -0.2) is 34.6 Å². The van der Waals surface area contributed by atoms with Crippen LogP contribution in [0.5, 0.6) is 5.75 Å². The average Bonchev–Trinajstić information content (AvgIpc) is 3.00. The largest absolute Gasteiger partial charge is 0.482 e. The minimum absolute atomic E-state index is 0.294. The van der Waals surface area contributed by atoms with E-state index in [0.29, 0.717) is 22.5 Å². The van der Waals surface area contributed by atoms with Gasteiger partial charge in [-0.25, -0.2) is 9.59 Å². The molecule has 0 saturated carbocycles. The number of hydrogen-bond acceptors (Lipinski definition) is 5. The number of hydrogen-bond donors (Lipinski definition) is 3. The van der Waals surface area contributed by atoms with Gasteiger partial charge < -0.3 is 24.8 Å². The van der Waals surface area contributed by atoms with E-state index in [0.717, 1.165) is 11.1 Å².